The standard InChI is InChI=1S/C17H28O4S/c1-13(2)16(8-7-15(4)18)11-12-21-22(19,20)17-9-5-14(3)6-10-17/h5-6,9-10,13,15-16,18H,7-8,11-12H2,1-4H3/t15?,16-/m1/s1. The van der Waals surface area contributed by atoms with Crippen LogP contribution in [0.5, 0.6) is 0 Å². The van der Waals surface area contributed by atoms with Gasteiger partial charge in [0, 0.05) is 0 Å². The van der Waals surface area contributed by atoms with Crippen molar-refractivity contribution in [2.24, 2.45) is 11.8 Å². The van der Waals surface area contributed by atoms with Gasteiger partial charge in [-0.15, -0.1) is 0 Å². The highest BCUT2D eigenvalue weighted by atomic mass is 32.2. The van der Waals surface area contributed by atoms with Crippen LogP contribution in [0.1, 0.15) is 45.6 Å². The summed E-state index contributed by atoms with van der Waals surface area (Å²) in [6.07, 6.45) is 1.96. The lowest BCUT2D eigenvalue weighted by Gasteiger charge is -2.21. The highest BCUT2D eigenvalue weighted by Gasteiger charge is 2.18. The number of hydrogen-bond donors (Lipinski definition) is 1. The van der Waals surface area contributed by atoms with E-state index in [4.69, 9.17) is 4.18 Å². The molecule has 22 heavy (non-hydrogen) atoms. The highest BCUT2D eigenvalue weighted by molar-refractivity contribution is 7.86. The van der Waals surface area contributed by atoms with E-state index >= 15 is 0 Å². The van der Waals surface area contributed by atoms with Gasteiger partial charge in [-0.25, -0.2) is 0 Å². The maximum Gasteiger partial charge on any atom is 0.296 e. The first kappa shape index (κ1) is 19.1. The van der Waals surface area contributed by atoms with Crippen molar-refractivity contribution in [3.05, 3.63) is 29.8 Å². The number of aliphatic hydroxyl groups excluding tert-OH is 1. The predicted molar refractivity (Wildman–Crippen MR) is 88.2 cm³/mol. The molecule has 0 spiro atoms. The van der Waals surface area contributed by atoms with Crippen LogP contribution in [0.4, 0.5) is 0 Å². The van der Waals surface area contributed by atoms with Crippen LogP contribution in [0, 0.1) is 18.8 Å². The zero-order chi connectivity index (χ0) is 16.8. The summed E-state index contributed by atoms with van der Waals surface area (Å²) in [7, 11) is -3.68. The summed E-state index contributed by atoms with van der Waals surface area (Å²) in [5.41, 5.74) is 1.01. The van der Waals surface area contributed by atoms with Gasteiger partial charge < -0.3 is 5.11 Å². The largest absolute Gasteiger partial charge is 0.393 e. The van der Waals surface area contributed by atoms with E-state index in [2.05, 4.69) is 13.8 Å². The lowest BCUT2D eigenvalue weighted by molar-refractivity contribution is 0.159. The number of aryl methyl sites for hydroxylation is 1. The molecule has 0 aliphatic heterocycles. The van der Waals surface area contributed by atoms with Crippen LogP contribution in [-0.4, -0.2) is 26.2 Å². The fourth-order valence-corrected chi connectivity index (χ4v) is 3.27. The van der Waals surface area contributed by atoms with Crippen LogP contribution in [0.3, 0.4) is 0 Å². The van der Waals surface area contributed by atoms with E-state index < -0.39 is 10.1 Å². The van der Waals surface area contributed by atoms with Crippen molar-refractivity contribution in [1.29, 1.82) is 0 Å². The Balaban J connectivity index is 2.54. The Morgan fingerprint density at radius 1 is 1.05 bits per heavy atom. The zero-order valence-corrected chi connectivity index (χ0v) is 14.8. The quantitative estimate of drug-likeness (QED) is 0.704. The van der Waals surface area contributed by atoms with Crippen molar-refractivity contribution in [3.8, 4) is 0 Å². The number of aliphatic hydroxyl groups is 1. The maximum absolute atomic E-state index is 12.1. The second-order valence-electron chi connectivity index (χ2n) is 6.31. The summed E-state index contributed by atoms with van der Waals surface area (Å²) >= 11 is 0. The van der Waals surface area contributed by atoms with Crippen LogP contribution in [0.25, 0.3) is 0 Å². The van der Waals surface area contributed by atoms with Crippen LogP contribution < -0.4 is 0 Å². The monoisotopic (exact) mass is 328 g/mol. The summed E-state index contributed by atoms with van der Waals surface area (Å²) in [6, 6.07) is 6.65. The van der Waals surface area contributed by atoms with E-state index in [0.29, 0.717) is 18.3 Å². The SMILES string of the molecule is Cc1ccc(S(=O)(=O)OCC[C@@H](CCC(C)O)C(C)C)cc1. The fourth-order valence-electron chi connectivity index (χ4n) is 2.35. The van der Waals surface area contributed by atoms with Crippen LogP contribution in [-0.2, 0) is 14.3 Å². The predicted octanol–water partition coefficient (Wildman–Crippen LogP) is 3.52. The molecule has 0 saturated heterocycles. The van der Waals surface area contributed by atoms with Gasteiger partial charge in [-0.1, -0.05) is 31.5 Å². The zero-order valence-electron chi connectivity index (χ0n) is 14.0. The Hall–Kier alpha value is -0.910. The first-order chi connectivity index (χ1) is 10.2. The second kappa shape index (κ2) is 8.65. The summed E-state index contributed by atoms with van der Waals surface area (Å²) in [6.45, 7) is 8.09. The third kappa shape index (κ3) is 6.46. The molecule has 5 heteroatoms. The van der Waals surface area contributed by atoms with E-state index in [1.165, 1.54) is 0 Å². The number of benzene rings is 1. The molecule has 0 heterocycles. The average Bonchev–Trinajstić information content (AvgIpc) is 2.42. The van der Waals surface area contributed by atoms with Gasteiger partial charge in [-0.2, -0.15) is 8.42 Å². The Morgan fingerprint density at radius 3 is 2.14 bits per heavy atom. The van der Waals surface area contributed by atoms with Gasteiger partial charge in [0.15, 0.2) is 0 Å². The van der Waals surface area contributed by atoms with Gasteiger partial charge >= 0.3 is 0 Å². The van der Waals surface area contributed by atoms with Gasteiger partial charge in [0.25, 0.3) is 10.1 Å². The molecule has 1 aromatic rings. The van der Waals surface area contributed by atoms with Crippen LogP contribution in [0.15, 0.2) is 29.2 Å². The summed E-state index contributed by atoms with van der Waals surface area (Å²) in [5, 5.41) is 9.38. The molecule has 0 amide bonds. The van der Waals surface area contributed by atoms with Crippen molar-refractivity contribution in [1.82, 2.24) is 0 Å². The molecule has 1 unspecified atom stereocenters. The molecule has 0 fully saturated rings. The molecule has 1 aromatic carbocycles. The molecule has 2 atom stereocenters. The normalized spacial score (nSPS) is 15.0. The average molecular weight is 328 g/mol. The maximum atomic E-state index is 12.1. The van der Waals surface area contributed by atoms with Crippen molar-refractivity contribution >= 4 is 10.1 Å². The highest BCUT2D eigenvalue weighted by Crippen LogP contribution is 2.23. The van der Waals surface area contributed by atoms with Gasteiger partial charge in [0.2, 0.25) is 0 Å². The van der Waals surface area contributed by atoms with Crippen molar-refractivity contribution in [2.75, 3.05) is 6.61 Å². The van der Waals surface area contributed by atoms with Gasteiger partial charge in [-0.3, -0.25) is 4.18 Å². The third-order valence-corrected chi connectivity index (χ3v) is 5.26. The summed E-state index contributed by atoms with van der Waals surface area (Å²) in [4.78, 5) is 0.197. The molecule has 1 N–H and O–H groups in total. The lowest BCUT2D eigenvalue weighted by Crippen LogP contribution is -2.16. The Bertz CT molecular complexity index is 532. The number of hydrogen-bond acceptors (Lipinski definition) is 4. The molecule has 1 rings (SSSR count). The molecule has 0 saturated carbocycles. The van der Waals surface area contributed by atoms with Crippen molar-refractivity contribution in [3.63, 3.8) is 0 Å². The minimum Gasteiger partial charge on any atom is -0.393 e. The smallest absolute Gasteiger partial charge is 0.296 e. The second-order valence-corrected chi connectivity index (χ2v) is 7.92. The molecule has 0 aliphatic carbocycles. The Kier molecular flexibility index (Phi) is 7.53. The topological polar surface area (TPSA) is 63.6 Å². The first-order valence-corrected chi connectivity index (χ1v) is 9.27. The molecular weight excluding hydrogens is 300 g/mol. The van der Waals surface area contributed by atoms with E-state index in [-0.39, 0.29) is 17.6 Å². The number of rotatable bonds is 9. The van der Waals surface area contributed by atoms with Crippen molar-refractivity contribution < 1.29 is 17.7 Å². The Morgan fingerprint density at radius 2 is 1.64 bits per heavy atom. The van der Waals surface area contributed by atoms with Crippen LogP contribution in [0.2, 0.25) is 0 Å². The Labute approximate surface area is 134 Å². The molecule has 0 bridgehead atoms. The lowest BCUT2D eigenvalue weighted by atomic mass is 9.88. The minimum atomic E-state index is -3.68. The summed E-state index contributed by atoms with van der Waals surface area (Å²) in [5.74, 6) is 0.784. The van der Waals surface area contributed by atoms with E-state index in [1.54, 1.807) is 31.2 Å². The minimum absolute atomic E-state index is 0.179. The van der Waals surface area contributed by atoms with Gasteiger partial charge in [-0.05, 0) is 57.1 Å². The van der Waals surface area contributed by atoms with E-state index in [1.807, 2.05) is 6.92 Å². The van der Waals surface area contributed by atoms with Crippen LogP contribution >= 0.6 is 0 Å². The van der Waals surface area contributed by atoms with Crippen molar-refractivity contribution in [2.45, 2.75) is 58.0 Å². The molecular formula is C17H28O4S. The molecule has 126 valence electrons. The molecule has 0 aliphatic rings. The van der Waals surface area contributed by atoms with E-state index in [9.17, 15) is 13.5 Å². The third-order valence-electron chi connectivity index (χ3n) is 3.93. The van der Waals surface area contributed by atoms with Gasteiger partial charge in [0.05, 0.1) is 17.6 Å². The fraction of sp³-hybridized carbons (Fsp3) is 0.647. The molecule has 4 nitrogen and oxygen atoms in total. The first-order valence-electron chi connectivity index (χ1n) is 7.86. The summed E-state index contributed by atoms with van der Waals surface area (Å²) < 4.78 is 29.3. The molecule has 0 aromatic heterocycles. The molecule has 0 radical (unpaired) electrons. The van der Waals surface area contributed by atoms with E-state index in [0.717, 1.165) is 18.4 Å². The van der Waals surface area contributed by atoms with Gasteiger partial charge in [0.1, 0.15) is 0 Å².